The Balaban J connectivity index is 1.84. The monoisotopic (exact) mass is 288 g/mol. The Kier molecular flexibility index (Phi) is 5.16. The molecule has 0 saturated heterocycles. The Hall–Kier alpha value is -1.84. The van der Waals surface area contributed by atoms with Gasteiger partial charge in [0.15, 0.2) is 0 Å². The van der Waals surface area contributed by atoms with Crippen LogP contribution in [-0.4, -0.2) is 12.5 Å². The number of carbonyl (C=O) groups is 1. The Morgan fingerprint density at radius 1 is 1.10 bits per heavy atom. The summed E-state index contributed by atoms with van der Waals surface area (Å²) in [7, 11) is 0. The number of carbonyl (C=O) groups excluding carboxylic acids is 1. The zero-order valence-corrected chi connectivity index (χ0v) is 11.8. The second kappa shape index (κ2) is 7.08. The molecule has 0 heterocycles. The molecule has 0 bridgehead atoms. The van der Waals surface area contributed by atoms with Gasteiger partial charge in [-0.15, -0.1) is 0 Å². The van der Waals surface area contributed by atoms with Gasteiger partial charge in [0.2, 0.25) is 0 Å². The Morgan fingerprint density at radius 3 is 2.45 bits per heavy atom. The van der Waals surface area contributed by atoms with Crippen LogP contribution in [0, 0.1) is 0 Å². The molecule has 3 N–H and O–H groups in total. The lowest BCUT2D eigenvalue weighted by atomic mass is 10.1. The molecule has 1 amide bonds. The van der Waals surface area contributed by atoms with Gasteiger partial charge in [0.25, 0.3) is 5.91 Å². The number of halogens is 1. The third-order valence-electron chi connectivity index (χ3n) is 3.09. The molecule has 1 unspecified atom stereocenters. The second-order valence-electron chi connectivity index (χ2n) is 4.54. The topological polar surface area (TPSA) is 55.1 Å². The number of amides is 1. The Morgan fingerprint density at radius 2 is 1.75 bits per heavy atom. The van der Waals surface area contributed by atoms with E-state index in [4.69, 9.17) is 17.3 Å². The average Bonchev–Trinajstić information content (AvgIpc) is 2.48. The maximum atomic E-state index is 11.9. The van der Waals surface area contributed by atoms with Gasteiger partial charge >= 0.3 is 0 Å². The number of benzene rings is 2. The highest BCUT2D eigenvalue weighted by molar-refractivity contribution is 6.33. The van der Waals surface area contributed by atoms with E-state index < -0.39 is 0 Å². The lowest BCUT2D eigenvalue weighted by Gasteiger charge is -2.12. The van der Waals surface area contributed by atoms with E-state index in [0.29, 0.717) is 23.6 Å². The second-order valence-corrected chi connectivity index (χ2v) is 4.95. The van der Waals surface area contributed by atoms with Crippen molar-refractivity contribution in [2.45, 2.75) is 12.5 Å². The van der Waals surface area contributed by atoms with E-state index >= 15 is 0 Å². The molecule has 2 aromatic rings. The van der Waals surface area contributed by atoms with Crippen LogP contribution in [0.1, 0.15) is 28.4 Å². The maximum absolute atomic E-state index is 11.9. The molecule has 0 saturated carbocycles. The molecule has 3 nitrogen and oxygen atoms in total. The van der Waals surface area contributed by atoms with Crippen molar-refractivity contribution in [2.24, 2.45) is 5.73 Å². The first-order valence-corrected chi connectivity index (χ1v) is 6.89. The minimum Gasteiger partial charge on any atom is -0.352 e. The largest absolute Gasteiger partial charge is 0.352 e. The third kappa shape index (κ3) is 3.83. The Bertz CT molecular complexity index is 572. The van der Waals surface area contributed by atoms with E-state index in [1.807, 2.05) is 30.3 Å². The van der Waals surface area contributed by atoms with Crippen LogP contribution in [0.4, 0.5) is 0 Å². The normalized spacial score (nSPS) is 11.9. The molecule has 2 rings (SSSR count). The van der Waals surface area contributed by atoms with E-state index in [9.17, 15) is 4.79 Å². The molecule has 0 spiro atoms. The van der Waals surface area contributed by atoms with Crippen LogP contribution in [-0.2, 0) is 0 Å². The van der Waals surface area contributed by atoms with Gasteiger partial charge in [0.1, 0.15) is 0 Å². The molecule has 0 aliphatic heterocycles. The summed E-state index contributed by atoms with van der Waals surface area (Å²) in [6.45, 7) is 0.514. The molecule has 1 atom stereocenters. The van der Waals surface area contributed by atoms with Gasteiger partial charge in [-0.3, -0.25) is 4.79 Å². The molecule has 2 aromatic carbocycles. The third-order valence-corrected chi connectivity index (χ3v) is 3.42. The zero-order chi connectivity index (χ0) is 14.4. The van der Waals surface area contributed by atoms with Crippen molar-refractivity contribution < 1.29 is 4.79 Å². The molecule has 104 valence electrons. The molecular formula is C16H17ClN2O. The quantitative estimate of drug-likeness (QED) is 0.888. The van der Waals surface area contributed by atoms with E-state index in [0.717, 1.165) is 5.56 Å². The summed E-state index contributed by atoms with van der Waals surface area (Å²) in [6.07, 6.45) is 0.681. The van der Waals surface area contributed by atoms with Crippen molar-refractivity contribution >= 4 is 17.5 Å². The molecule has 0 aliphatic rings. The minimum atomic E-state index is -0.170. The van der Waals surface area contributed by atoms with Crippen LogP contribution in [0.3, 0.4) is 0 Å². The van der Waals surface area contributed by atoms with Crippen LogP contribution >= 0.6 is 11.6 Å². The molecule has 20 heavy (non-hydrogen) atoms. The van der Waals surface area contributed by atoms with Gasteiger partial charge < -0.3 is 11.1 Å². The van der Waals surface area contributed by atoms with Crippen molar-refractivity contribution in [2.75, 3.05) is 6.54 Å². The SMILES string of the molecule is NC(CCNC(=O)c1ccccc1Cl)c1ccccc1. The zero-order valence-electron chi connectivity index (χ0n) is 11.1. The fourth-order valence-corrected chi connectivity index (χ4v) is 2.17. The van der Waals surface area contributed by atoms with Gasteiger partial charge in [-0.2, -0.15) is 0 Å². The van der Waals surface area contributed by atoms with Crippen molar-refractivity contribution in [3.8, 4) is 0 Å². The van der Waals surface area contributed by atoms with Crippen molar-refractivity contribution in [3.05, 3.63) is 70.7 Å². The predicted octanol–water partition coefficient (Wildman–Crippen LogP) is 3.16. The van der Waals surface area contributed by atoms with Gasteiger partial charge in [0, 0.05) is 12.6 Å². The first-order valence-electron chi connectivity index (χ1n) is 6.51. The van der Waals surface area contributed by atoms with Crippen LogP contribution < -0.4 is 11.1 Å². The van der Waals surface area contributed by atoms with E-state index in [2.05, 4.69) is 5.32 Å². The van der Waals surface area contributed by atoms with Crippen LogP contribution in [0.2, 0.25) is 5.02 Å². The van der Waals surface area contributed by atoms with Gasteiger partial charge in [-0.25, -0.2) is 0 Å². The number of hydrogen-bond acceptors (Lipinski definition) is 2. The predicted molar refractivity (Wildman–Crippen MR) is 81.8 cm³/mol. The van der Waals surface area contributed by atoms with Crippen LogP contribution in [0.25, 0.3) is 0 Å². The highest BCUT2D eigenvalue weighted by Gasteiger charge is 2.10. The summed E-state index contributed by atoms with van der Waals surface area (Å²) in [6, 6.07) is 16.7. The van der Waals surface area contributed by atoms with Crippen molar-refractivity contribution in [1.29, 1.82) is 0 Å². The van der Waals surface area contributed by atoms with E-state index in [1.165, 1.54) is 0 Å². The first kappa shape index (κ1) is 14.6. The fraction of sp³-hybridized carbons (Fsp3) is 0.188. The first-order chi connectivity index (χ1) is 9.68. The molecule has 0 fully saturated rings. The smallest absolute Gasteiger partial charge is 0.252 e. The minimum absolute atomic E-state index is 0.0808. The highest BCUT2D eigenvalue weighted by Crippen LogP contribution is 2.15. The van der Waals surface area contributed by atoms with Gasteiger partial charge in [-0.1, -0.05) is 54.1 Å². The van der Waals surface area contributed by atoms with Crippen LogP contribution in [0.15, 0.2) is 54.6 Å². The number of rotatable bonds is 5. The highest BCUT2D eigenvalue weighted by atomic mass is 35.5. The summed E-state index contributed by atoms with van der Waals surface area (Å²) in [5, 5.41) is 3.29. The summed E-state index contributed by atoms with van der Waals surface area (Å²) in [4.78, 5) is 11.9. The van der Waals surface area contributed by atoms with Crippen molar-refractivity contribution in [3.63, 3.8) is 0 Å². The van der Waals surface area contributed by atoms with Gasteiger partial charge in [-0.05, 0) is 24.1 Å². The van der Waals surface area contributed by atoms with E-state index in [-0.39, 0.29) is 11.9 Å². The van der Waals surface area contributed by atoms with Gasteiger partial charge in [0.05, 0.1) is 10.6 Å². The summed E-state index contributed by atoms with van der Waals surface area (Å²) < 4.78 is 0. The summed E-state index contributed by atoms with van der Waals surface area (Å²) in [5.74, 6) is -0.170. The summed E-state index contributed by atoms with van der Waals surface area (Å²) >= 11 is 5.97. The van der Waals surface area contributed by atoms with Crippen LogP contribution in [0.5, 0.6) is 0 Å². The fourth-order valence-electron chi connectivity index (χ4n) is 1.95. The molecular weight excluding hydrogens is 272 g/mol. The molecule has 0 radical (unpaired) electrons. The average molecular weight is 289 g/mol. The summed E-state index contributed by atoms with van der Waals surface area (Å²) in [5.41, 5.74) is 7.63. The Labute approximate surface area is 123 Å². The maximum Gasteiger partial charge on any atom is 0.252 e. The van der Waals surface area contributed by atoms with Crippen molar-refractivity contribution in [1.82, 2.24) is 5.32 Å². The number of nitrogens with two attached hydrogens (primary N) is 1. The molecule has 0 aromatic heterocycles. The number of nitrogens with one attached hydrogen (secondary N) is 1. The molecule has 4 heteroatoms. The lowest BCUT2D eigenvalue weighted by molar-refractivity contribution is 0.0952. The lowest BCUT2D eigenvalue weighted by Crippen LogP contribution is -2.27. The standard InChI is InChI=1S/C16H17ClN2O/c17-14-9-5-4-8-13(14)16(20)19-11-10-15(18)12-6-2-1-3-7-12/h1-9,15H,10-11,18H2,(H,19,20). The molecule has 0 aliphatic carbocycles. The van der Waals surface area contributed by atoms with E-state index in [1.54, 1.807) is 24.3 Å². The number of hydrogen-bond donors (Lipinski definition) is 2.